The molecule has 0 spiro atoms. The Morgan fingerprint density at radius 1 is 1.19 bits per heavy atom. The molecule has 1 aliphatic heterocycles. The van der Waals surface area contributed by atoms with Crippen LogP contribution in [0.2, 0.25) is 0 Å². The molecule has 0 N–H and O–H groups in total. The molecule has 1 saturated heterocycles. The maximum Gasteiger partial charge on any atom is 0.450 e. The van der Waals surface area contributed by atoms with E-state index in [2.05, 4.69) is 11.3 Å². The van der Waals surface area contributed by atoms with Crippen LogP contribution in [0.4, 0.5) is 22.0 Å². The molecule has 1 heterocycles. The van der Waals surface area contributed by atoms with E-state index in [1.165, 1.54) is 6.92 Å². The van der Waals surface area contributed by atoms with Gasteiger partial charge in [-0.25, -0.2) is 4.79 Å². The molecule has 2 rings (SSSR count). The van der Waals surface area contributed by atoms with Crippen molar-refractivity contribution in [3.8, 4) is 0 Å². The van der Waals surface area contributed by atoms with Gasteiger partial charge in [-0.2, -0.15) is 22.0 Å². The predicted octanol–water partition coefficient (Wildman–Crippen LogP) is 4.86. The second-order valence-corrected chi connectivity index (χ2v) is 8.16. The van der Waals surface area contributed by atoms with Gasteiger partial charge >= 0.3 is 23.9 Å². The molecule has 1 saturated carbocycles. The Kier molecular flexibility index (Phi) is 7.77. The lowest BCUT2D eigenvalue weighted by atomic mass is 9.88. The van der Waals surface area contributed by atoms with E-state index in [-0.39, 0.29) is 5.57 Å². The summed E-state index contributed by atoms with van der Waals surface area (Å²) in [6.45, 7) is 6.22. The normalized spacial score (nSPS) is 33.0. The van der Waals surface area contributed by atoms with Crippen molar-refractivity contribution in [1.29, 1.82) is 0 Å². The van der Waals surface area contributed by atoms with E-state index in [4.69, 9.17) is 18.9 Å². The van der Waals surface area contributed by atoms with Gasteiger partial charge in [-0.15, -0.1) is 0 Å². The highest BCUT2D eigenvalue weighted by Crippen LogP contribution is 2.56. The summed E-state index contributed by atoms with van der Waals surface area (Å²) in [7, 11) is 0. The fourth-order valence-corrected chi connectivity index (χ4v) is 3.72. The van der Waals surface area contributed by atoms with Gasteiger partial charge in [0.1, 0.15) is 6.61 Å². The van der Waals surface area contributed by atoms with E-state index in [0.717, 1.165) is 33.1 Å². The second-order valence-electron chi connectivity index (χ2n) is 8.16. The smallest absolute Gasteiger partial charge is 0.450 e. The number of hydrogen-bond acceptors (Lipinski definition) is 6. The molecule has 0 aromatic rings. The van der Waals surface area contributed by atoms with Crippen LogP contribution in [-0.4, -0.2) is 54.7 Å². The molecule has 11 heteroatoms. The van der Waals surface area contributed by atoms with Gasteiger partial charge < -0.3 is 23.7 Å². The lowest BCUT2D eigenvalue weighted by molar-refractivity contribution is -0.541. The van der Waals surface area contributed by atoms with Crippen LogP contribution in [0.5, 0.6) is 0 Å². The number of halogens is 5. The molecule has 0 amide bonds. The SMILES string of the molecule is C=C(C)C(=O)OCC1(C)OC(C)OC(OC(C)OC2CCCCC2)(C(F)(F)F)C1(F)F. The molecule has 0 aromatic heterocycles. The summed E-state index contributed by atoms with van der Waals surface area (Å²) >= 11 is 0. The van der Waals surface area contributed by atoms with Gasteiger partial charge in [0, 0.05) is 5.57 Å². The number of esters is 1. The van der Waals surface area contributed by atoms with Crippen molar-refractivity contribution >= 4 is 5.97 Å². The Morgan fingerprint density at radius 3 is 2.29 bits per heavy atom. The van der Waals surface area contributed by atoms with Crippen molar-refractivity contribution in [3.63, 3.8) is 0 Å². The largest absolute Gasteiger partial charge is 0.459 e. The lowest BCUT2D eigenvalue weighted by Gasteiger charge is -2.53. The minimum Gasteiger partial charge on any atom is -0.459 e. The quantitative estimate of drug-likeness (QED) is 0.234. The fourth-order valence-electron chi connectivity index (χ4n) is 3.72. The molecule has 4 atom stereocenters. The van der Waals surface area contributed by atoms with E-state index >= 15 is 8.78 Å². The maximum absolute atomic E-state index is 15.5. The molecule has 180 valence electrons. The monoisotopic (exact) mass is 460 g/mol. The summed E-state index contributed by atoms with van der Waals surface area (Å²) in [6.07, 6.45) is -5.66. The molecule has 0 aromatic carbocycles. The zero-order valence-electron chi connectivity index (χ0n) is 18.0. The highest BCUT2D eigenvalue weighted by Gasteiger charge is 2.82. The Hall–Kier alpha value is -1.30. The molecule has 0 bridgehead atoms. The van der Waals surface area contributed by atoms with Gasteiger partial charge in [0.2, 0.25) is 0 Å². The van der Waals surface area contributed by atoms with Gasteiger partial charge in [0.15, 0.2) is 18.2 Å². The standard InChI is InChI=1S/C20H29F5O6/c1-12(2)16(26)27-11-17(5)18(21,22)19(20(23,24)25,31-14(4)29-17)30-13(3)28-15-9-7-6-8-10-15/h13-15H,1,6-11H2,2-5H3. The van der Waals surface area contributed by atoms with Crippen LogP contribution in [-0.2, 0) is 28.5 Å². The summed E-state index contributed by atoms with van der Waals surface area (Å²) in [6, 6.07) is 0. The highest BCUT2D eigenvalue weighted by atomic mass is 19.4. The maximum atomic E-state index is 15.5. The van der Waals surface area contributed by atoms with E-state index in [9.17, 15) is 18.0 Å². The average Bonchev–Trinajstić information content (AvgIpc) is 2.64. The zero-order chi connectivity index (χ0) is 23.7. The van der Waals surface area contributed by atoms with E-state index in [1.54, 1.807) is 0 Å². The van der Waals surface area contributed by atoms with Crippen molar-refractivity contribution in [2.45, 2.75) is 102 Å². The first-order chi connectivity index (χ1) is 14.2. The number of ether oxygens (including phenoxy) is 5. The molecule has 4 unspecified atom stereocenters. The van der Waals surface area contributed by atoms with E-state index in [0.29, 0.717) is 19.8 Å². The summed E-state index contributed by atoms with van der Waals surface area (Å²) in [4.78, 5) is 11.7. The molecule has 6 nitrogen and oxygen atoms in total. The van der Waals surface area contributed by atoms with Gasteiger partial charge in [-0.1, -0.05) is 25.8 Å². The van der Waals surface area contributed by atoms with Crippen LogP contribution in [0, 0.1) is 0 Å². The van der Waals surface area contributed by atoms with Gasteiger partial charge in [0.05, 0.1) is 6.10 Å². The van der Waals surface area contributed by atoms with Gasteiger partial charge in [-0.3, -0.25) is 0 Å². The van der Waals surface area contributed by atoms with Gasteiger partial charge in [0.25, 0.3) is 0 Å². The number of alkyl halides is 5. The number of hydrogen-bond donors (Lipinski definition) is 0. The van der Waals surface area contributed by atoms with Crippen molar-refractivity contribution in [2.75, 3.05) is 6.61 Å². The van der Waals surface area contributed by atoms with Crippen molar-refractivity contribution in [2.24, 2.45) is 0 Å². The van der Waals surface area contributed by atoms with Crippen molar-refractivity contribution in [1.82, 2.24) is 0 Å². The summed E-state index contributed by atoms with van der Waals surface area (Å²) in [5.41, 5.74) is -3.02. The van der Waals surface area contributed by atoms with E-state index < -0.39 is 54.7 Å². The molecule has 31 heavy (non-hydrogen) atoms. The Morgan fingerprint density at radius 2 is 1.77 bits per heavy atom. The molecule has 1 aliphatic carbocycles. The molecule has 2 aliphatic rings. The van der Waals surface area contributed by atoms with Crippen LogP contribution in [0.1, 0.15) is 59.8 Å². The number of carbonyl (C=O) groups excluding carboxylic acids is 1. The molecular weight excluding hydrogens is 431 g/mol. The predicted molar refractivity (Wildman–Crippen MR) is 98.0 cm³/mol. The van der Waals surface area contributed by atoms with Crippen molar-refractivity contribution < 1.29 is 50.4 Å². The summed E-state index contributed by atoms with van der Waals surface area (Å²) in [5, 5.41) is 0. The minimum atomic E-state index is -5.67. The first-order valence-electron chi connectivity index (χ1n) is 10.1. The summed E-state index contributed by atoms with van der Waals surface area (Å²) in [5.74, 6) is -10.2. The van der Waals surface area contributed by atoms with Crippen LogP contribution in [0.25, 0.3) is 0 Å². The third kappa shape index (κ3) is 5.20. The third-order valence-electron chi connectivity index (χ3n) is 5.30. The Labute approximate surface area is 178 Å². The van der Waals surface area contributed by atoms with Gasteiger partial charge in [-0.05, 0) is 40.5 Å². The van der Waals surface area contributed by atoms with E-state index in [1.807, 2.05) is 0 Å². The zero-order valence-corrected chi connectivity index (χ0v) is 18.0. The van der Waals surface area contributed by atoms with Crippen LogP contribution >= 0.6 is 0 Å². The summed E-state index contributed by atoms with van der Waals surface area (Å²) < 4.78 is 97.9. The number of rotatable bonds is 7. The average molecular weight is 460 g/mol. The lowest BCUT2D eigenvalue weighted by Crippen LogP contribution is -2.76. The second kappa shape index (κ2) is 9.29. The molecular formula is C20H29F5O6. The van der Waals surface area contributed by atoms with Crippen molar-refractivity contribution in [3.05, 3.63) is 12.2 Å². The third-order valence-corrected chi connectivity index (χ3v) is 5.30. The highest BCUT2D eigenvalue weighted by molar-refractivity contribution is 5.86. The number of carbonyl (C=O) groups is 1. The Balaban J connectivity index is 2.34. The molecule has 0 radical (unpaired) electrons. The fraction of sp³-hybridized carbons (Fsp3) is 0.850. The van der Waals surface area contributed by atoms with Crippen LogP contribution in [0.3, 0.4) is 0 Å². The van der Waals surface area contributed by atoms with Crippen LogP contribution < -0.4 is 0 Å². The Bertz CT molecular complexity index is 663. The minimum absolute atomic E-state index is 0.111. The first kappa shape index (κ1) is 26.0. The molecule has 2 fully saturated rings. The topological polar surface area (TPSA) is 63.2 Å². The first-order valence-corrected chi connectivity index (χ1v) is 10.1. The van der Waals surface area contributed by atoms with Crippen LogP contribution in [0.15, 0.2) is 12.2 Å².